The van der Waals surface area contributed by atoms with Crippen LogP contribution in [0.1, 0.15) is 16.8 Å². The largest absolute Gasteiger partial charge is 0.478 e. The second kappa shape index (κ2) is 5.55. The van der Waals surface area contributed by atoms with Gasteiger partial charge in [-0.05, 0) is 31.6 Å². The molecule has 98 valence electrons. The van der Waals surface area contributed by atoms with Crippen LogP contribution in [-0.4, -0.2) is 16.1 Å². The van der Waals surface area contributed by atoms with Crippen LogP contribution in [0.25, 0.3) is 16.8 Å². The Morgan fingerprint density at radius 3 is 2.58 bits per heavy atom. The molecule has 0 aliphatic carbocycles. The molecule has 0 aliphatic rings. The number of aliphatic carboxylic acids is 1. The number of aromatic nitrogens is 1. The van der Waals surface area contributed by atoms with Crippen LogP contribution < -0.4 is 0 Å². The maximum atomic E-state index is 10.8. The molecule has 1 aromatic carbocycles. The number of thiazole rings is 1. The number of nitrogens with zero attached hydrogens (tertiary/aromatic N) is 1. The number of rotatable bonds is 3. The molecular weight excluding hydrogens is 282 g/mol. The lowest BCUT2D eigenvalue weighted by molar-refractivity contribution is -0.131. The molecule has 19 heavy (non-hydrogen) atoms. The number of hydrogen-bond acceptors (Lipinski definition) is 3. The first-order valence-electron chi connectivity index (χ1n) is 5.62. The Morgan fingerprint density at radius 2 is 2.00 bits per heavy atom. The maximum absolute atomic E-state index is 10.8. The zero-order valence-electron chi connectivity index (χ0n) is 10.5. The van der Waals surface area contributed by atoms with Crippen molar-refractivity contribution in [2.75, 3.05) is 0 Å². The van der Waals surface area contributed by atoms with Crippen molar-refractivity contribution >= 4 is 34.5 Å². The van der Waals surface area contributed by atoms with E-state index in [1.54, 1.807) is 19.1 Å². The Morgan fingerprint density at radius 1 is 1.37 bits per heavy atom. The van der Waals surface area contributed by atoms with Gasteiger partial charge in [-0.25, -0.2) is 9.78 Å². The van der Waals surface area contributed by atoms with Crippen LogP contribution in [-0.2, 0) is 4.79 Å². The third-order valence-electron chi connectivity index (χ3n) is 2.55. The van der Waals surface area contributed by atoms with Crippen molar-refractivity contribution in [3.63, 3.8) is 0 Å². The standard InChI is InChI=1S/C14H12ClNO2S/c1-8(7-12(17)18)14-13(16-9(2)19-14)10-3-5-11(15)6-4-10/h3-7H,1-2H3,(H,17,18)/b8-7+. The van der Waals surface area contributed by atoms with Crippen LogP contribution in [0.4, 0.5) is 0 Å². The molecule has 5 heteroatoms. The first-order chi connectivity index (χ1) is 8.97. The second-order valence-corrected chi connectivity index (χ2v) is 5.72. The summed E-state index contributed by atoms with van der Waals surface area (Å²) in [4.78, 5) is 16.1. The molecule has 0 saturated carbocycles. The van der Waals surface area contributed by atoms with Gasteiger partial charge in [0.15, 0.2) is 0 Å². The van der Waals surface area contributed by atoms with E-state index in [4.69, 9.17) is 16.7 Å². The van der Waals surface area contributed by atoms with Gasteiger partial charge in [0.05, 0.1) is 15.6 Å². The highest BCUT2D eigenvalue weighted by atomic mass is 35.5. The van der Waals surface area contributed by atoms with Gasteiger partial charge in [-0.3, -0.25) is 0 Å². The number of carboxylic acid groups (broad SMARTS) is 1. The maximum Gasteiger partial charge on any atom is 0.328 e. The molecule has 0 saturated heterocycles. The first kappa shape index (κ1) is 13.8. The van der Waals surface area contributed by atoms with Crippen molar-refractivity contribution in [1.82, 2.24) is 4.98 Å². The number of halogens is 1. The van der Waals surface area contributed by atoms with E-state index in [-0.39, 0.29) is 0 Å². The van der Waals surface area contributed by atoms with E-state index in [0.717, 1.165) is 21.1 Å². The van der Waals surface area contributed by atoms with E-state index >= 15 is 0 Å². The highest BCUT2D eigenvalue weighted by Crippen LogP contribution is 2.33. The van der Waals surface area contributed by atoms with Crippen molar-refractivity contribution in [2.45, 2.75) is 13.8 Å². The fourth-order valence-electron chi connectivity index (χ4n) is 1.75. The zero-order chi connectivity index (χ0) is 14.0. The van der Waals surface area contributed by atoms with Crippen molar-refractivity contribution in [3.05, 3.63) is 45.2 Å². The van der Waals surface area contributed by atoms with Gasteiger partial charge in [0, 0.05) is 16.7 Å². The number of allylic oxidation sites excluding steroid dienone is 1. The fourth-order valence-corrected chi connectivity index (χ4v) is 2.79. The molecule has 0 fully saturated rings. The Balaban J connectivity index is 2.52. The summed E-state index contributed by atoms with van der Waals surface area (Å²) in [5, 5.41) is 10.4. The monoisotopic (exact) mass is 293 g/mol. The van der Waals surface area contributed by atoms with E-state index in [1.165, 1.54) is 17.4 Å². The van der Waals surface area contributed by atoms with Gasteiger partial charge in [-0.2, -0.15) is 0 Å². The quantitative estimate of drug-likeness (QED) is 0.860. The van der Waals surface area contributed by atoms with Crippen LogP contribution in [0.2, 0.25) is 5.02 Å². The molecule has 1 N–H and O–H groups in total. The summed E-state index contributed by atoms with van der Waals surface area (Å²) in [6.07, 6.45) is 1.20. The number of carboxylic acids is 1. The van der Waals surface area contributed by atoms with Crippen LogP contribution in [0, 0.1) is 6.92 Å². The lowest BCUT2D eigenvalue weighted by Gasteiger charge is -2.02. The lowest BCUT2D eigenvalue weighted by atomic mass is 10.1. The highest BCUT2D eigenvalue weighted by molar-refractivity contribution is 7.13. The molecule has 2 rings (SSSR count). The summed E-state index contributed by atoms with van der Waals surface area (Å²) >= 11 is 7.36. The summed E-state index contributed by atoms with van der Waals surface area (Å²) in [5.74, 6) is -0.953. The van der Waals surface area contributed by atoms with E-state index in [2.05, 4.69) is 4.98 Å². The van der Waals surface area contributed by atoms with Gasteiger partial charge in [-0.15, -0.1) is 11.3 Å². The van der Waals surface area contributed by atoms with Gasteiger partial charge in [0.1, 0.15) is 0 Å². The fraction of sp³-hybridized carbons (Fsp3) is 0.143. The summed E-state index contributed by atoms with van der Waals surface area (Å²) in [6.45, 7) is 3.68. The summed E-state index contributed by atoms with van der Waals surface area (Å²) in [7, 11) is 0. The van der Waals surface area contributed by atoms with E-state index in [0.29, 0.717) is 10.6 Å². The SMILES string of the molecule is C/C(=C\C(=O)O)c1sc(C)nc1-c1ccc(Cl)cc1. The number of hydrogen-bond donors (Lipinski definition) is 1. The van der Waals surface area contributed by atoms with Crippen molar-refractivity contribution in [3.8, 4) is 11.3 Å². The number of benzene rings is 1. The van der Waals surface area contributed by atoms with Gasteiger partial charge in [0.25, 0.3) is 0 Å². The van der Waals surface area contributed by atoms with Crippen LogP contribution in [0.5, 0.6) is 0 Å². The normalized spacial score (nSPS) is 11.6. The molecular formula is C14H12ClNO2S. The lowest BCUT2D eigenvalue weighted by Crippen LogP contribution is -1.90. The minimum Gasteiger partial charge on any atom is -0.478 e. The minimum atomic E-state index is -0.953. The zero-order valence-corrected chi connectivity index (χ0v) is 12.0. The average Bonchev–Trinajstić information content (AvgIpc) is 2.71. The molecule has 2 aromatic rings. The molecule has 0 radical (unpaired) electrons. The van der Waals surface area contributed by atoms with Gasteiger partial charge >= 0.3 is 5.97 Å². The topological polar surface area (TPSA) is 50.2 Å². The van der Waals surface area contributed by atoms with Gasteiger partial charge in [0.2, 0.25) is 0 Å². The molecule has 0 bridgehead atoms. The number of carbonyl (C=O) groups is 1. The summed E-state index contributed by atoms with van der Waals surface area (Å²) < 4.78 is 0. The molecule has 0 amide bonds. The molecule has 1 heterocycles. The van der Waals surface area contributed by atoms with Crippen molar-refractivity contribution in [1.29, 1.82) is 0 Å². The third kappa shape index (κ3) is 3.22. The van der Waals surface area contributed by atoms with Crippen LogP contribution in [0.3, 0.4) is 0 Å². The second-order valence-electron chi connectivity index (χ2n) is 4.08. The molecule has 1 aromatic heterocycles. The summed E-state index contributed by atoms with van der Waals surface area (Å²) in [5.41, 5.74) is 2.43. The molecule has 3 nitrogen and oxygen atoms in total. The van der Waals surface area contributed by atoms with Gasteiger partial charge < -0.3 is 5.11 Å². The highest BCUT2D eigenvalue weighted by Gasteiger charge is 2.13. The van der Waals surface area contributed by atoms with Crippen LogP contribution in [0.15, 0.2) is 30.3 Å². The molecule has 0 spiro atoms. The number of aryl methyl sites for hydroxylation is 1. The predicted octanol–water partition coefficient (Wildman–Crippen LogP) is 4.26. The Hall–Kier alpha value is -1.65. The van der Waals surface area contributed by atoms with E-state index in [1.807, 2.05) is 19.1 Å². The van der Waals surface area contributed by atoms with Crippen molar-refractivity contribution < 1.29 is 9.90 Å². The smallest absolute Gasteiger partial charge is 0.328 e. The molecule has 0 unspecified atom stereocenters. The Bertz CT molecular complexity index is 644. The van der Waals surface area contributed by atoms with Crippen molar-refractivity contribution in [2.24, 2.45) is 0 Å². The third-order valence-corrected chi connectivity index (χ3v) is 3.91. The van der Waals surface area contributed by atoms with Gasteiger partial charge in [-0.1, -0.05) is 23.7 Å². The van der Waals surface area contributed by atoms with Crippen LogP contribution >= 0.6 is 22.9 Å². The summed E-state index contributed by atoms with van der Waals surface area (Å²) in [6, 6.07) is 7.36. The first-order valence-corrected chi connectivity index (χ1v) is 6.82. The van der Waals surface area contributed by atoms with E-state index in [9.17, 15) is 4.79 Å². The molecule has 0 aliphatic heterocycles. The minimum absolute atomic E-state index is 0.662. The Kier molecular flexibility index (Phi) is 4.02. The molecule has 0 atom stereocenters. The average molecular weight is 294 g/mol. The predicted molar refractivity (Wildman–Crippen MR) is 78.6 cm³/mol. The van der Waals surface area contributed by atoms with E-state index < -0.39 is 5.97 Å². The Labute approximate surface area is 120 Å².